The summed E-state index contributed by atoms with van der Waals surface area (Å²) >= 11 is 1.54. The first-order valence-electron chi connectivity index (χ1n) is 12.2. The Morgan fingerprint density at radius 2 is 1.54 bits per heavy atom. The number of amides is 1. The molecule has 1 aromatic heterocycles. The molecule has 1 amide bonds. The molecule has 6 heteroatoms. The third kappa shape index (κ3) is 6.08. The number of ether oxygens (including phenoxy) is 1. The van der Waals surface area contributed by atoms with Gasteiger partial charge in [0, 0.05) is 25.4 Å². The van der Waals surface area contributed by atoms with Crippen molar-refractivity contribution in [3.8, 4) is 5.75 Å². The van der Waals surface area contributed by atoms with Crippen molar-refractivity contribution in [2.45, 2.75) is 26.2 Å². The monoisotopic (exact) mass is 487 g/mol. The fourth-order valence-electron chi connectivity index (χ4n) is 4.33. The Kier molecular flexibility index (Phi) is 8.50. The standard InChI is InChI=1S/C29H33N3O2S/c1-4-31(5-2)18-19-32(29-30-26-17-16-24(34-3)20-27(26)35-29)28(33)21-25(22-12-8-6-9-13-22)23-14-10-7-11-15-23/h6-17,20,25H,4-5,18-19,21H2,1-3H3. The smallest absolute Gasteiger partial charge is 0.229 e. The van der Waals surface area contributed by atoms with Crippen LogP contribution in [0.15, 0.2) is 78.9 Å². The Bertz CT molecular complexity index is 1180. The van der Waals surface area contributed by atoms with Gasteiger partial charge in [-0.2, -0.15) is 0 Å². The lowest BCUT2D eigenvalue weighted by atomic mass is 9.88. The van der Waals surface area contributed by atoms with E-state index in [1.165, 1.54) is 0 Å². The summed E-state index contributed by atoms with van der Waals surface area (Å²) in [6, 6.07) is 26.5. The number of hydrogen-bond acceptors (Lipinski definition) is 5. The highest BCUT2D eigenvalue weighted by atomic mass is 32.1. The highest BCUT2D eigenvalue weighted by Crippen LogP contribution is 2.34. The van der Waals surface area contributed by atoms with E-state index in [1.54, 1.807) is 18.4 Å². The van der Waals surface area contributed by atoms with Crippen molar-refractivity contribution in [3.05, 3.63) is 90.0 Å². The normalized spacial score (nSPS) is 11.3. The highest BCUT2D eigenvalue weighted by molar-refractivity contribution is 7.22. The average Bonchev–Trinajstić information content (AvgIpc) is 3.33. The number of benzene rings is 3. The minimum absolute atomic E-state index is 0.0182. The zero-order chi connectivity index (χ0) is 24.6. The molecule has 0 fully saturated rings. The number of thiazole rings is 1. The van der Waals surface area contributed by atoms with E-state index in [-0.39, 0.29) is 11.8 Å². The van der Waals surface area contributed by atoms with Crippen LogP contribution in [-0.4, -0.2) is 49.1 Å². The average molecular weight is 488 g/mol. The molecule has 1 heterocycles. The van der Waals surface area contributed by atoms with Gasteiger partial charge < -0.3 is 9.64 Å². The number of carbonyl (C=O) groups excluding carboxylic acids is 1. The molecule has 3 aromatic carbocycles. The number of methoxy groups -OCH3 is 1. The van der Waals surface area contributed by atoms with Crippen LogP contribution in [0.4, 0.5) is 5.13 Å². The number of fused-ring (bicyclic) bond motifs is 1. The summed E-state index contributed by atoms with van der Waals surface area (Å²) < 4.78 is 6.41. The summed E-state index contributed by atoms with van der Waals surface area (Å²) in [5, 5.41) is 0.741. The molecule has 0 N–H and O–H groups in total. The van der Waals surface area contributed by atoms with Crippen LogP contribution < -0.4 is 9.64 Å². The van der Waals surface area contributed by atoms with E-state index in [2.05, 4.69) is 43.0 Å². The minimum atomic E-state index is -0.0182. The van der Waals surface area contributed by atoms with Crippen LogP contribution in [0.1, 0.15) is 37.3 Å². The van der Waals surface area contributed by atoms with Gasteiger partial charge in [-0.15, -0.1) is 0 Å². The molecule has 0 aliphatic rings. The molecule has 5 nitrogen and oxygen atoms in total. The van der Waals surface area contributed by atoms with E-state index in [9.17, 15) is 4.79 Å². The summed E-state index contributed by atoms with van der Waals surface area (Å²) in [7, 11) is 1.66. The Balaban J connectivity index is 1.67. The second kappa shape index (κ2) is 12.0. The molecule has 0 spiro atoms. The van der Waals surface area contributed by atoms with Crippen LogP contribution in [0.25, 0.3) is 10.2 Å². The molecule has 0 saturated carbocycles. The topological polar surface area (TPSA) is 45.7 Å². The number of nitrogens with zero attached hydrogens (tertiary/aromatic N) is 3. The van der Waals surface area contributed by atoms with E-state index in [4.69, 9.17) is 9.72 Å². The van der Waals surface area contributed by atoms with E-state index in [1.807, 2.05) is 59.5 Å². The molecule has 0 aliphatic heterocycles. The minimum Gasteiger partial charge on any atom is -0.497 e. The van der Waals surface area contributed by atoms with Gasteiger partial charge >= 0.3 is 0 Å². The maximum atomic E-state index is 13.9. The van der Waals surface area contributed by atoms with Gasteiger partial charge in [0.25, 0.3) is 0 Å². The summed E-state index contributed by atoms with van der Waals surface area (Å²) in [4.78, 5) is 23.0. The van der Waals surface area contributed by atoms with E-state index in [0.29, 0.717) is 13.0 Å². The van der Waals surface area contributed by atoms with Crippen molar-refractivity contribution in [1.29, 1.82) is 0 Å². The quantitative estimate of drug-likeness (QED) is 0.253. The van der Waals surface area contributed by atoms with Gasteiger partial charge in [0.05, 0.1) is 17.3 Å². The van der Waals surface area contributed by atoms with Gasteiger partial charge in [0.15, 0.2) is 5.13 Å². The second-order valence-corrected chi connectivity index (χ2v) is 9.49. The second-order valence-electron chi connectivity index (χ2n) is 8.48. The van der Waals surface area contributed by atoms with Gasteiger partial charge in [-0.05, 0) is 42.4 Å². The highest BCUT2D eigenvalue weighted by Gasteiger charge is 2.25. The Morgan fingerprint density at radius 3 is 2.11 bits per heavy atom. The number of aromatic nitrogens is 1. The molecule has 0 aliphatic carbocycles. The third-order valence-electron chi connectivity index (χ3n) is 6.43. The summed E-state index contributed by atoms with van der Waals surface area (Å²) in [5.74, 6) is 0.859. The number of hydrogen-bond donors (Lipinski definition) is 0. The fraction of sp³-hybridized carbons (Fsp3) is 0.310. The number of carbonyl (C=O) groups is 1. The van der Waals surface area contributed by atoms with E-state index < -0.39 is 0 Å². The molecular formula is C29H33N3O2S. The maximum absolute atomic E-state index is 13.9. The molecule has 182 valence electrons. The summed E-state index contributed by atoms with van der Waals surface area (Å²) in [6.07, 6.45) is 0.380. The van der Waals surface area contributed by atoms with Gasteiger partial charge in [-0.1, -0.05) is 85.8 Å². The lowest BCUT2D eigenvalue weighted by molar-refractivity contribution is -0.118. The molecule has 0 atom stereocenters. The first-order valence-corrected chi connectivity index (χ1v) is 13.0. The van der Waals surface area contributed by atoms with Gasteiger partial charge in [0.1, 0.15) is 5.75 Å². The molecule has 0 unspecified atom stereocenters. The third-order valence-corrected chi connectivity index (χ3v) is 7.47. The van der Waals surface area contributed by atoms with Crippen molar-refractivity contribution in [2.75, 3.05) is 38.2 Å². The lowest BCUT2D eigenvalue weighted by Crippen LogP contribution is -2.39. The van der Waals surface area contributed by atoms with Crippen LogP contribution in [0.5, 0.6) is 5.75 Å². The summed E-state index contributed by atoms with van der Waals surface area (Å²) in [6.45, 7) is 7.62. The number of anilines is 1. The Morgan fingerprint density at radius 1 is 0.914 bits per heavy atom. The van der Waals surface area contributed by atoms with Crippen LogP contribution in [0.3, 0.4) is 0 Å². The van der Waals surface area contributed by atoms with Crippen LogP contribution >= 0.6 is 11.3 Å². The first kappa shape index (κ1) is 24.9. The fourth-order valence-corrected chi connectivity index (χ4v) is 5.36. The van der Waals surface area contributed by atoms with Crippen LogP contribution in [-0.2, 0) is 4.79 Å². The van der Waals surface area contributed by atoms with Crippen molar-refractivity contribution >= 4 is 32.6 Å². The molecule has 0 saturated heterocycles. The Hall–Kier alpha value is -3.22. The lowest BCUT2D eigenvalue weighted by Gasteiger charge is -2.26. The van der Waals surface area contributed by atoms with Crippen molar-refractivity contribution < 1.29 is 9.53 Å². The zero-order valence-electron chi connectivity index (χ0n) is 20.7. The maximum Gasteiger partial charge on any atom is 0.229 e. The predicted octanol–water partition coefficient (Wildman–Crippen LogP) is 6.20. The Labute approximate surface area is 212 Å². The largest absolute Gasteiger partial charge is 0.497 e. The predicted molar refractivity (Wildman–Crippen MR) is 146 cm³/mol. The van der Waals surface area contributed by atoms with Crippen LogP contribution in [0.2, 0.25) is 0 Å². The van der Waals surface area contributed by atoms with Crippen LogP contribution in [0, 0.1) is 0 Å². The molecule has 0 radical (unpaired) electrons. The number of rotatable bonds is 11. The van der Waals surface area contributed by atoms with Crippen molar-refractivity contribution in [2.24, 2.45) is 0 Å². The molecule has 4 rings (SSSR count). The summed E-state index contributed by atoms with van der Waals surface area (Å²) in [5.41, 5.74) is 3.17. The van der Waals surface area contributed by atoms with Gasteiger partial charge in [-0.3, -0.25) is 9.69 Å². The van der Waals surface area contributed by atoms with E-state index >= 15 is 0 Å². The van der Waals surface area contributed by atoms with E-state index in [0.717, 1.165) is 51.9 Å². The number of likely N-dealkylation sites (N-methyl/N-ethyl adjacent to an activating group) is 1. The SMILES string of the molecule is CCN(CC)CCN(C(=O)CC(c1ccccc1)c1ccccc1)c1nc2ccc(OC)cc2s1. The zero-order valence-corrected chi connectivity index (χ0v) is 21.5. The molecule has 0 bridgehead atoms. The van der Waals surface area contributed by atoms with Gasteiger partial charge in [0.2, 0.25) is 5.91 Å². The molecule has 4 aromatic rings. The van der Waals surface area contributed by atoms with Crippen molar-refractivity contribution in [1.82, 2.24) is 9.88 Å². The van der Waals surface area contributed by atoms with Crippen molar-refractivity contribution in [3.63, 3.8) is 0 Å². The molecular weight excluding hydrogens is 454 g/mol. The van der Waals surface area contributed by atoms with Gasteiger partial charge in [-0.25, -0.2) is 4.98 Å². The first-order chi connectivity index (χ1) is 17.1. The molecule has 35 heavy (non-hydrogen) atoms.